The van der Waals surface area contributed by atoms with Gasteiger partial charge < -0.3 is 11.1 Å². The Labute approximate surface area is 121 Å². The van der Waals surface area contributed by atoms with Crippen molar-refractivity contribution in [2.24, 2.45) is 0 Å². The molecule has 2 aromatic carbocycles. The molecule has 19 heavy (non-hydrogen) atoms. The van der Waals surface area contributed by atoms with Crippen LogP contribution in [0, 0.1) is 6.92 Å². The first-order chi connectivity index (χ1) is 9.04. The Morgan fingerprint density at radius 1 is 1.21 bits per heavy atom. The number of nitrogens with one attached hydrogen (secondary N) is 1. The Morgan fingerprint density at radius 2 is 1.89 bits per heavy atom. The Hall–Kier alpha value is -1.81. The summed E-state index contributed by atoms with van der Waals surface area (Å²) in [5.74, 6) is -0.0322. The smallest absolute Gasteiger partial charge is 0.228 e. The van der Waals surface area contributed by atoms with Gasteiger partial charge in [0.15, 0.2) is 0 Å². The minimum Gasteiger partial charge on any atom is -0.399 e. The van der Waals surface area contributed by atoms with Crippen LogP contribution in [0.25, 0.3) is 0 Å². The SMILES string of the molecule is Cc1cc(N)ccc1NC(=O)Cc1ccc(Br)cc1. The molecule has 3 nitrogen and oxygen atoms in total. The number of aryl methyl sites for hydroxylation is 1. The highest BCUT2D eigenvalue weighted by Crippen LogP contribution is 2.18. The second kappa shape index (κ2) is 5.89. The maximum absolute atomic E-state index is 11.9. The van der Waals surface area contributed by atoms with Gasteiger partial charge in [-0.25, -0.2) is 0 Å². The predicted molar refractivity (Wildman–Crippen MR) is 82.1 cm³/mol. The Balaban J connectivity index is 2.03. The Morgan fingerprint density at radius 3 is 2.53 bits per heavy atom. The van der Waals surface area contributed by atoms with E-state index in [1.54, 1.807) is 6.07 Å². The molecule has 0 bridgehead atoms. The molecule has 2 rings (SSSR count). The molecule has 0 saturated carbocycles. The first kappa shape index (κ1) is 13.6. The molecule has 0 radical (unpaired) electrons. The van der Waals surface area contributed by atoms with E-state index in [9.17, 15) is 4.79 Å². The largest absolute Gasteiger partial charge is 0.399 e. The molecule has 0 heterocycles. The molecular formula is C15H15BrN2O. The molecule has 4 heteroatoms. The molecule has 0 aliphatic rings. The Kier molecular flexibility index (Phi) is 4.22. The molecule has 3 N–H and O–H groups in total. The van der Waals surface area contributed by atoms with Crippen molar-refractivity contribution in [2.45, 2.75) is 13.3 Å². The molecule has 0 unspecified atom stereocenters. The zero-order chi connectivity index (χ0) is 13.8. The minimum absolute atomic E-state index is 0.0322. The number of nitrogens with two attached hydrogens (primary N) is 1. The number of amides is 1. The van der Waals surface area contributed by atoms with Crippen molar-refractivity contribution in [1.29, 1.82) is 0 Å². The second-order valence-electron chi connectivity index (χ2n) is 4.43. The van der Waals surface area contributed by atoms with Gasteiger partial charge >= 0.3 is 0 Å². The van der Waals surface area contributed by atoms with E-state index in [4.69, 9.17) is 5.73 Å². The van der Waals surface area contributed by atoms with Crippen LogP contribution in [0.1, 0.15) is 11.1 Å². The zero-order valence-electron chi connectivity index (χ0n) is 10.6. The molecule has 98 valence electrons. The van der Waals surface area contributed by atoms with Crippen LogP contribution in [-0.2, 0) is 11.2 Å². The first-order valence-electron chi connectivity index (χ1n) is 5.95. The Bertz CT molecular complexity index is 594. The first-order valence-corrected chi connectivity index (χ1v) is 6.74. The van der Waals surface area contributed by atoms with Crippen LogP contribution in [-0.4, -0.2) is 5.91 Å². The predicted octanol–water partition coefficient (Wildman–Crippen LogP) is 3.52. The van der Waals surface area contributed by atoms with Crippen LogP contribution in [0.2, 0.25) is 0 Å². The molecule has 0 fully saturated rings. The van der Waals surface area contributed by atoms with Gasteiger partial charge in [0.2, 0.25) is 5.91 Å². The second-order valence-corrected chi connectivity index (χ2v) is 5.34. The summed E-state index contributed by atoms with van der Waals surface area (Å²) in [5.41, 5.74) is 9.12. The molecule has 0 aliphatic carbocycles. The molecule has 0 atom stereocenters. The fourth-order valence-electron chi connectivity index (χ4n) is 1.81. The van der Waals surface area contributed by atoms with E-state index >= 15 is 0 Å². The van der Waals surface area contributed by atoms with Gasteiger partial charge in [0.25, 0.3) is 0 Å². The van der Waals surface area contributed by atoms with Gasteiger partial charge in [-0.1, -0.05) is 28.1 Å². The van der Waals surface area contributed by atoms with E-state index in [0.717, 1.165) is 21.3 Å². The molecule has 0 spiro atoms. The number of hydrogen-bond donors (Lipinski definition) is 2. The van der Waals surface area contributed by atoms with Crippen LogP contribution < -0.4 is 11.1 Å². The van der Waals surface area contributed by atoms with E-state index < -0.39 is 0 Å². The molecule has 0 saturated heterocycles. The van der Waals surface area contributed by atoms with Gasteiger partial charge in [0.1, 0.15) is 0 Å². The quantitative estimate of drug-likeness (QED) is 0.851. The average molecular weight is 319 g/mol. The minimum atomic E-state index is -0.0322. The van der Waals surface area contributed by atoms with Crippen LogP contribution in [0.4, 0.5) is 11.4 Å². The fraction of sp³-hybridized carbons (Fsp3) is 0.133. The normalized spacial score (nSPS) is 10.2. The molecule has 2 aromatic rings. The summed E-state index contributed by atoms with van der Waals surface area (Å²) in [4.78, 5) is 11.9. The monoisotopic (exact) mass is 318 g/mol. The van der Waals surface area contributed by atoms with Crippen molar-refractivity contribution >= 4 is 33.2 Å². The van der Waals surface area contributed by atoms with Crippen LogP contribution in [0.3, 0.4) is 0 Å². The molecule has 0 aliphatic heterocycles. The van der Waals surface area contributed by atoms with Crippen LogP contribution in [0.5, 0.6) is 0 Å². The van der Waals surface area contributed by atoms with E-state index in [-0.39, 0.29) is 5.91 Å². The lowest BCUT2D eigenvalue weighted by atomic mass is 10.1. The van der Waals surface area contributed by atoms with Gasteiger partial charge in [0.05, 0.1) is 6.42 Å². The summed E-state index contributed by atoms with van der Waals surface area (Å²) in [6.45, 7) is 1.92. The highest BCUT2D eigenvalue weighted by molar-refractivity contribution is 9.10. The van der Waals surface area contributed by atoms with Gasteiger partial charge in [-0.3, -0.25) is 4.79 Å². The van der Waals surface area contributed by atoms with Crippen molar-refractivity contribution < 1.29 is 4.79 Å². The van der Waals surface area contributed by atoms with Crippen molar-refractivity contribution in [3.63, 3.8) is 0 Å². The van der Waals surface area contributed by atoms with Gasteiger partial charge in [-0.05, 0) is 48.4 Å². The highest BCUT2D eigenvalue weighted by atomic mass is 79.9. The van der Waals surface area contributed by atoms with Crippen molar-refractivity contribution in [3.05, 3.63) is 58.1 Å². The van der Waals surface area contributed by atoms with Gasteiger partial charge in [-0.15, -0.1) is 0 Å². The average Bonchev–Trinajstić information content (AvgIpc) is 2.36. The maximum atomic E-state index is 11.9. The van der Waals surface area contributed by atoms with Crippen LogP contribution >= 0.6 is 15.9 Å². The highest BCUT2D eigenvalue weighted by Gasteiger charge is 2.06. The zero-order valence-corrected chi connectivity index (χ0v) is 12.2. The van der Waals surface area contributed by atoms with Gasteiger partial charge in [-0.2, -0.15) is 0 Å². The number of nitrogen functional groups attached to an aromatic ring is 1. The molecular weight excluding hydrogens is 304 g/mol. The topological polar surface area (TPSA) is 55.1 Å². The number of hydrogen-bond acceptors (Lipinski definition) is 2. The summed E-state index contributed by atoms with van der Waals surface area (Å²) in [6, 6.07) is 13.2. The van der Waals surface area contributed by atoms with Crippen molar-refractivity contribution in [2.75, 3.05) is 11.1 Å². The fourth-order valence-corrected chi connectivity index (χ4v) is 2.07. The van der Waals surface area contributed by atoms with Crippen molar-refractivity contribution in [1.82, 2.24) is 0 Å². The number of carbonyl (C=O) groups is 1. The summed E-state index contributed by atoms with van der Waals surface area (Å²) in [6.07, 6.45) is 0.358. The van der Waals surface area contributed by atoms with Crippen LogP contribution in [0.15, 0.2) is 46.9 Å². The van der Waals surface area contributed by atoms with Crippen molar-refractivity contribution in [3.8, 4) is 0 Å². The molecule has 1 amide bonds. The van der Waals surface area contributed by atoms with E-state index in [1.807, 2.05) is 43.3 Å². The third kappa shape index (κ3) is 3.83. The maximum Gasteiger partial charge on any atom is 0.228 e. The third-order valence-electron chi connectivity index (χ3n) is 2.80. The number of halogens is 1. The van der Waals surface area contributed by atoms with E-state index in [2.05, 4.69) is 21.2 Å². The lowest BCUT2D eigenvalue weighted by molar-refractivity contribution is -0.115. The van der Waals surface area contributed by atoms with E-state index in [0.29, 0.717) is 12.1 Å². The third-order valence-corrected chi connectivity index (χ3v) is 3.33. The standard InChI is InChI=1S/C15H15BrN2O/c1-10-8-13(17)6-7-14(10)18-15(19)9-11-2-4-12(16)5-3-11/h2-8H,9,17H2,1H3,(H,18,19). The summed E-state index contributed by atoms with van der Waals surface area (Å²) >= 11 is 3.37. The lowest BCUT2D eigenvalue weighted by Crippen LogP contribution is -2.15. The number of rotatable bonds is 3. The summed E-state index contributed by atoms with van der Waals surface area (Å²) in [7, 11) is 0. The lowest BCUT2D eigenvalue weighted by Gasteiger charge is -2.09. The van der Waals surface area contributed by atoms with E-state index in [1.165, 1.54) is 0 Å². The number of anilines is 2. The number of carbonyl (C=O) groups excluding carboxylic acids is 1. The number of benzene rings is 2. The summed E-state index contributed by atoms with van der Waals surface area (Å²) < 4.78 is 1.01. The van der Waals surface area contributed by atoms with Gasteiger partial charge in [0, 0.05) is 15.8 Å². The molecule has 0 aromatic heterocycles. The summed E-state index contributed by atoms with van der Waals surface area (Å²) in [5, 5.41) is 2.89.